The van der Waals surface area contributed by atoms with Crippen molar-refractivity contribution in [2.75, 3.05) is 40.8 Å². The smallest absolute Gasteiger partial charge is 0.438 e. The Labute approximate surface area is 342 Å². The molecule has 61 heavy (non-hydrogen) atoms. The number of methoxy groups -OCH3 is 2. The second kappa shape index (κ2) is 22.6. The molecule has 0 saturated heterocycles. The van der Waals surface area contributed by atoms with Crippen molar-refractivity contribution in [1.29, 1.82) is 0 Å². The van der Waals surface area contributed by atoms with Crippen LogP contribution in [0.4, 0.5) is 14.4 Å². The maximum Gasteiger partial charge on any atom is 0.517 e. The van der Waals surface area contributed by atoms with E-state index >= 15 is 0 Å². The van der Waals surface area contributed by atoms with Crippen LogP contribution in [-0.4, -0.2) is 103 Å². The quantitative estimate of drug-likeness (QED) is 0.0583. The minimum Gasteiger partial charge on any atom is -0.438 e. The summed E-state index contributed by atoms with van der Waals surface area (Å²) in [5.41, 5.74) is -0.865. The molecule has 324 valence electrons. The van der Waals surface area contributed by atoms with Crippen molar-refractivity contribution in [3.8, 4) is 5.88 Å². The summed E-state index contributed by atoms with van der Waals surface area (Å²) >= 11 is 0. The van der Waals surface area contributed by atoms with Crippen LogP contribution in [0, 0.1) is 0 Å². The van der Waals surface area contributed by atoms with Crippen molar-refractivity contribution in [2.24, 2.45) is 0 Å². The van der Waals surface area contributed by atoms with Gasteiger partial charge in [0.1, 0.15) is 0 Å². The molecular weight excluding hydrogens is 808 g/mol. The number of carbonyl (C=O) groups excluding carboxylic acids is 3. The number of rotatable bonds is 12. The topological polar surface area (TPSA) is 292 Å². The number of aliphatic hydroxyl groups excluding tert-OH is 3. The molecule has 0 aliphatic rings. The second-order valence-corrected chi connectivity index (χ2v) is 12.3. The molecule has 0 saturated carbocycles. The molecule has 22 nitrogen and oxygen atoms in total. The number of nitrogens with zero attached hydrogens (tertiary/aromatic N) is 5. The van der Waals surface area contributed by atoms with E-state index in [1.54, 1.807) is 60.7 Å². The predicted octanol–water partition coefficient (Wildman–Crippen LogP) is 1.27. The Balaban J connectivity index is 0.000000205. The lowest BCUT2D eigenvalue weighted by Crippen LogP contribution is -2.44. The SMILES string of the molecule is COC(=O)OC(=O)n1c(=O)c(=O)n(CCCO)c2ccccc21.COC(=O)OCOc1nc2ccccc2n(CCCO)c1=O.O=c1[nH]c2ccccc2n(CCCO)c1=O. The van der Waals surface area contributed by atoms with Gasteiger partial charge in [-0.15, -0.1) is 0 Å². The van der Waals surface area contributed by atoms with Crippen LogP contribution >= 0.6 is 0 Å². The van der Waals surface area contributed by atoms with Crippen molar-refractivity contribution in [2.45, 2.75) is 38.9 Å². The maximum atomic E-state index is 12.4. The lowest BCUT2D eigenvalue weighted by Gasteiger charge is -2.13. The lowest BCUT2D eigenvalue weighted by molar-refractivity contribution is 0.0125. The highest BCUT2D eigenvalue weighted by Gasteiger charge is 2.21. The van der Waals surface area contributed by atoms with Gasteiger partial charge in [-0.05, 0) is 55.7 Å². The lowest BCUT2D eigenvalue weighted by atomic mass is 10.2. The van der Waals surface area contributed by atoms with Crippen LogP contribution < -0.4 is 32.5 Å². The number of fused-ring (bicyclic) bond motifs is 3. The first-order valence-electron chi connectivity index (χ1n) is 18.3. The summed E-state index contributed by atoms with van der Waals surface area (Å²) in [6, 6.07) is 20.3. The van der Waals surface area contributed by atoms with Crippen molar-refractivity contribution in [3.63, 3.8) is 0 Å². The largest absolute Gasteiger partial charge is 0.517 e. The zero-order chi connectivity index (χ0) is 44.5. The van der Waals surface area contributed by atoms with E-state index in [0.29, 0.717) is 58.1 Å². The van der Waals surface area contributed by atoms with Gasteiger partial charge in [0.25, 0.3) is 5.88 Å². The number of aryl methyl sites for hydroxylation is 3. The average Bonchev–Trinajstić information content (AvgIpc) is 3.27. The fraction of sp³-hybridized carbons (Fsp3) is 0.308. The summed E-state index contributed by atoms with van der Waals surface area (Å²) in [5.74, 6) is -0.180. The van der Waals surface area contributed by atoms with Crippen LogP contribution in [0.1, 0.15) is 19.3 Å². The third kappa shape index (κ3) is 11.6. The van der Waals surface area contributed by atoms with Gasteiger partial charge in [0.15, 0.2) is 0 Å². The van der Waals surface area contributed by atoms with Crippen LogP contribution in [0.15, 0.2) is 96.8 Å². The molecule has 0 spiro atoms. The van der Waals surface area contributed by atoms with Gasteiger partial charge >= 0.3 is 46.2 Å². The van der Waals surface area contributed by atoms with Gasteiger partial charge in [-0.25, -0.2) is 23.9 Å². The van der Waals surface area contributed by atoms with Gasteiger partial charge < -0.3 is 57.7 Å². The fourth-order valence-electron chi connectivity index (χ4n) is 5.68. The van der Waals surface area contributed by atoms with E-state index < -0.39 is 53.0 Å². The summed E-state index contributed by atoms with van der Waals surface area (Å²) < 4.78 is 27.0. The molecule has 4 N–H and O–H groups in total. The number of H-pyrrole nitrogens is 1. The van der Waals surface area contributed by atoms with E-state index in [2.05, 4.69) is 28.9 Å². The first-order chi connectivity index (χ1) is 29.4. The zero-order valence-corrected chi connectivity index (χ0v) is 32.9. The third-order valence-corrected chi connectivity index (χ3v) is 8.43. The van der Waals surface area contributed by atoms with Crippen molar-refractivity contribution < 1.29 is 53.4 Å². The fourth-order valence-corrected chi connectivity index (χ4v) is 5.68. The van der Waals surface area contributed by atoms with Crippen LogP contribution in [-0.2, 0) is 38.6 Å². The minimum absolute atomic E-state index is 0.00638. The molecule has 0 amide bonds. The summed E-state index contributed by atoms with van der Waals surface area (Å²) in [6.07, 6.45) is -2.40. The Morgan fingerprint density at radius 3 is 1.70 bits per heavy atom. The second-order valence-electron chi connectivity index (χ2n) is 12.3. The number of hydrogen-bond acceptors (Lipinski definition) is 17. The van der Waals surface area contributed by atoms with Gasteiger partial charge in [-0.1, -0.05) is 36.4 Å². The van der Waals surface area contributed by atoms with E-state index in [1.807, 2.05) is 0 Å². The molecular formula is C39H42N6O16. The average molecular weight is 851 g/mol. The number of nitrogens with one attached hydrogen (secondary N) is 1. The summed E-state index contributed by atoms with van der Waals surface area (Å²) in [5, 5.41) is 26.6. The Bertz CT molecular complexity index is 2790. The van der Waals surface area contributed by atoms with Crippen LogP contribution in [0.25, 0.3) is 33.1 Å². The molecule has 0 aliphatic carbocycles. The monoisotopic (exact) mass is 850 g/mol. The van der Waals surface area contributed by atoms with Gasteiger partial charge in [-0.2, -0.15) is 0 Å². The molecule has 3 aromatic heterocycles. The molecule has 6 rings (SSSR count). The number of hydrogen-bond donors (Lipinski definition) is 4. The number of aliphatic hydroxyl groups is 3. The van der Waals surface area contributed by atoms with Crippen LogP contribution in [0.3, 0.4) is 0 Å². The molecule has 3 aromatic carbocycles. The molecule has 0 bridgehead atoms. The van der Waals surface area contributed by atoms with E-state index in [4.69, 9.17) is 20.1 Å². The van der Waals surface area contributed by atoms with Crippen LogP contribution in [0.2, 0.25) is 0 Å². The van der Waals surface area contributed by atoms with Crippen molar-refractivity contribution in [1.82, 2.24) is 28.2 Å². The van der Waals surface area contributed by atoms with E-state index in [9.17, 15) is 38.4 Å². The Morgan fingerprint density at radius 1 is 0.607 bits per heavy atom. The number of aromatic nitrogens is 6. The first kappa shape index (κ1) is 46.3. The highest BCUT2D eigenvalue weighted by Crippen LogP contribution is 2.14. The molecule has 0 atom stereocenters. The highest BCUT2D eigenvalue weighted by atomic mass is 16.8. The van der Waals surface area contributed by atoms with Gasteiger partial charge in [0.05, 0.1) is 47.3 Å². The van der Waals surface area contributed by atoms with Gasteiger partial charge in [0.2, 0.25) is 6.79 Å². The zero-order valence-electron chi connectivity index (χ0n) is 32.9. The normalized spacial score (nSPS) is 10.6. The van der Waals surface area contributed by atoms with Crippen LogP contribution in [0.5, 0.6) is 5.88 Å². The number of benzene rings is 3. The number of carbonyl (C=O) groups is 3. The molecule has 0 fully saturated rings. The Hall–Kier alpha value is -7.43. The molecule has 6 aromatic rings. The minimum atomic E-state index is -1.33. The predicted molar refractivity (Wildman–Crippen MR) is 216 cm³/mol. The maximum absolute atomic E-state index is 12.4. The van der Waals surface area contributed by atoms with Gasteiger partial charge in [-0.3, -0.25) is 24.0 Å². The molecule has 0 aliphatic heterocycles. The van der Waals surface area contributed by atoms with E-state index in [-0.39, 0.29) is 44.2 Å². The molecule has 0 radical (unpaired) electrons. The number of aromatic amines is 1. The highest BCUT2D eigenvalue weighted by molar-refractivity contribution is 5.90. The Morgan fingerprint density at radius 2 is 1.11 bits per heavy atom. The summed E-state index contributed by atoms with van der Waals surface area (Å²) in [4.78, 5) is 100. The Kier molecular flexibility index (Phi) is 17.2. The molecule has 22 heteroatoms. The standard InChI is InChI=1S/C14H14N2O7.C14H16N2O6.C11H12N2O3/c1-22-14(21)23-13(20)16-10-6-3-2-5-9(10)15(7-4-8-17)11(18)12(16)19;1-20-14(19)22-9-21-12-13(18)16(7-4-8-17)11-6-3-2-5-10(11)15-12;14-7-3-6-13-9-5-2-1-4-8(9)12-10(15)11(13)16/h2-3,5-6,17H,4,7-8H2,1H3;2-3,5-6,17H,4,7-9H2,1H3;1-2,4-5,14H,3,6-7H2,(H,12,15). The number of ether oxygens (including phenoxy) is 5. The van der Waals surface area contributed by atoms with Crippen molar-refractivity contribution in [3.05, 3.63) is 125 Å². The summed E-state index contributed by atoms with van der Waals surface area (Å²) in [6.45, 7) is 0.101. The summed E-state index contributed by atoms with van der Waals surface area (Å²) in [7, 11) is 2.17. The molecule has 0 unspecified atom stereocenters. The van der Waals surface area contributed by atoms with E-state index in [0.717, 1.165) is 11.7 Å². The number of para-hydroxylation sites is 6. The molecule has 3 heterocycles. The first-order valence-corrected chi connectivity index (χ1v) is 18.3. The third-order valence-electron chi connectivity index (χ3n) is 8.43. The van der Waals surface area contributed by atoms with Gasteiger partial charge in [0, 0.05) is 39.5 Å². The van der Waals surface area contributed by atoms with E-state index in [1.165, 1.54) is 28.4 Å². The van der Waals surface area contributed by atoms with Crippen molar-refractivity contribution >= 4 is 51.5 Å².